The highest BCUT2D eigenvalue weighted by molar-refractivity contribution is 7.07. The predicted molar refractivity (Wildman–Crippen MR) is 108 cm³/mol. The lowest BCUT2D eigenvalue weighted by Crippen LogP contribution is -2.35. The maximum absolute atomic E-state index is 12.7. The monoisotopic (exact) mass is 381 g/mol. The first-order valence-corrected chi connectivity index (χ1v) is 9.66. The SMILES string of the molecule is CN(C)C[C@@H](NC(=O)c1ccc(OCc2cscn2)cc1)c1ccccc1. The summed E-state index contributed by atoms with van der Waals surface area (Å²) in [4.78, 5) is 18.9. The molecule has 3 aromatic rings. The number of carbonyl (C=O) groups is 1. The van der Waals surface area contributed by atoms with Crippen molar-refractivity contribution in [2.75, 3.05) is 20.6 Å². The summed E-state index contributed by atoms with van der Waals surface area (Å²) in [6.07, 6.45) is 0. The van der Waals surface area contributed by atoms with Gasteiger partial charge in [-0.2, -0.15) is 0 Å². The van der Waals surface area contributed by atoms with E-state index >= 15 is 0 Å². The molecule has 27 heavy (non-hydrogen) atoms. The van der Waals surface area contributed by atoms with Crippen LogP contribution in [0.1, 0.15) is 27.7 Å². The molecule has 0 unspecified atom stereocenters. The zero-order chi connectivity index (χ0) is 19.1. The van der Waals surface area contributed by atoms with E-state index in [9.17, 15) is 4.79 Å². The maximum Gasteiger partial charge on any atom is 0.251 e. The van der Waals surface area contributed by atoms with Crippen LogP contribution in [0.5, 0.6) is 5.75 Å². The number of ether oxygens (including phenoxy) is 1. The van der Waals surface area contributed by atoms with Crippen molar-refractivity contribution in [3.8, 4) is 5.75 Å². The van der Waals surface area contributed by atoms with Gasteiger partial charge in [0.2, 0.25) is 0 Å². The topological polar surface area (TPSA) is 54.5 Å². The van der Waals surface area contributed by atoms with Gasteiger partial charge >= 0.3 is 0 Å². The van der Waals surface area contributed by atoms with E-state index in [1.165, 1.54) is 0 Å². The van der Waals surface area contributed by atoms with Gasteiger partial charge in [0.1, 0.15) is 12.4 Å². The molecule has 6 heteroatoms. The van der Waals surface area contributed by atoms with Crippen molar-refractivity contribution in [2.45, 2.75) is 12.6 Å². The Morgan fingerprint density at radius 2 is 1.89 bits per heavy atom. The normalized spacial score (nSPS) is 12.0. The number of carbonyl (C=O) groups excluding carboxylic acids is 1. The molecule has 0 bridgehead atoms. The Labute approximate surface area is 163 Å². The highest BCUT2D eigenvalue weighted by atomic mass is 32.1. The van der Waals surface area contributed by atoms with E-state index in [1.54, 1.807) is 29.0 Å². The molecular weight excluding hydrogens is 358 g/mol. The van der Waals surface area contributed by atoms with Crippen molar-refractivity contribution in [3.05, 3.63) is 82.3 Å². The van der Waals surface area contributed by atoms with Gasteiger partial charge in [0, 0.05) is 17.5 Å². The number of amides is 1. The van der Waals surface area contributed by atoms with E-state index in [-0.39, 0.29) is 11.9 Å². The fraction of sp³-hybridized carbons (Fsp3) is 0.238. The van der Waals surface area contributed by atoms with E-state index in [1.807, 2.05) is 61.9 Å². The lowest BCUT2D eigenvalue weighted by Gasteiger charge is -2.23. The van der Waals surface area contributed by atoms with Gasteiger partial charge in [-0.3, -0.25) is 4.79 Å². The molecule has 3 rings (SSSR count). The Morgan fingerprint density at radius 1 is 1.15 bits per heavy atom. The van der Waals surface area contributed by atoms with Gasteiger partial charge in [-0.25, -0.2) is 4.98 Å². The second-order valence-electron chi connectivity index (χ2n) is 6.49. The lowest BCUT2D eigenvalue weighted by atomic mass is 10.1. The predicted octanol–water partition coefficient (Wildman–Crippen LogP) is 3.75. The molecule has 1 heterocycles. The summed E-state index contributed by atoms with van der Waals surface area (Å²) < 4.78 is 5.69. The Hall–Kier alpha value is -2.70. The van der Waals surface area contributed by atoms with Gasteiger partial charge in [0.25, 0.3) is 5.91 Å². The Morgan fingerprint density at radius 3 is 2.52 bits per heavy atom. The van der Waals surface area contributed by atoms with Crippen molar-refractivity contribution in [3.63, 3.8) is 0 Å². The number of nitrogens with one attached hydrogen (secondary N) is 1. The van der Waals surface area contributed by atoms with Crippen molar-refractivity contribution in [2.24, 2.45) is 0 Å². The molecule has 2 aromatic carbocycles. The van der Waals surface area contributed by atoms with Crippen LogP contribution in [-0.4, -0.2) is 36.4 Å². The number of thiazole rings is 1. The van der Waals surface area contributed by atoms with E-state index in [4.69, 9.17) is 4.74 Å². The van der Waals surface area contributed by atoms with Crippen LogP contribution in [0.25, 0.3) is 0 Å². The number of benzene rings is 2. The number of rotatable bonds is 8. The average Bonchev–Trinajstić information content (AvgIpc) is 3.20. The van der Waals surface area contributed by atoms with Gasteiger partial charge in [-0.15, -0.1) is 11.3 Å². The summed E-state index contributed by atoms with van der Waals surface area (Å²) in [5.41, 5.74) is 4.37. The average molecular weight is 382 g/mol. The molecule has 140 valence electrons. The molecule has 1 atom stereocenters. The largest absolute Gasteiger partial charge is 0.487 e. The minimum atomic E-state index is -0.100. The highest BCUT2D eigenvalue weighted by Crippen LogP contribution is 2.17. The Balaban J connectivity index is 1.63. The molecule has 5 nitrogen and oxygen atoms in total. The van der Waals surface area contributed by atoms with E-state index < -0.39 is 0 Å². The summed E-state index contributed by atoms with van der Waals surface area (Å²) in [5.74, 6) is 0.615. The van der Waals surface area contributed by atoms with Crippen LogP contribution < -0.4 is 10.1 Å². The van der Waals surface area contributed by atoms with Gasteiger partial charge in [0.15, 0.2) is 0 Å². The molecule has 0 aliphatic heterocycles. The molecule has 0 saturated heterocycles. The summed E-state index contributed by atoms with van der Waals surface area (Å²) in [6, 6.07) is 17.1. The molecule has 0 spiro atoms. The highest BCUT2D eigenvalue weighted by Gasteiger charge is 2.16. The molecular formula is C21H23N3O2S. The van der Waals surface area contributed by atoms with Crippen LogP contribution in [-0.2, 0) is 6.61 Å². The van der Waals surface area contributed by atoms with Gasteiger partial charge < -0.3 is 15.0 Å². The van der Waals surface area contributed by atoms with Crippen LogP contribution in [0.3, 0.4) is 0 Å². The third-order valence-electron chi connectivity index (χ3n) is 4.04. The molecule has 1 amide bonds. The van der Waals surface area contributed by atoms with E-state index in [0.29, 0.717) is 17.9 Å². The second-order valence-corrected chi connectivity index (χ2v) is 7.21. The van der Waals surface area contributed by atoms with Crippen molar-refractivity contribution in [1.82, 2.24) is 15.2 Å². The van der Waals surface area contributed by atoms with Crippen LogP contribution in [0.15, 0.2) is 65.5 Å². The van der Waals surface area contributed by atoms with Crippen LogP contribution in [0.2, 0.25) is 0 Å². The Kier molecular flexibility index (Phi) is 6.57. The number of hydrogen-bond acceptors (Lipinski definition) is 5. The van der Waals surface area contributed by atoms with Crippen molar-refractivity contribution in [1.29, 1.82) is 0 Å². The zero-order valence-corrected chi connectivity index (χ0v) is 16.3. The first-order valence-electron chi connectivity index (χ1n) is 8.72. The summed E-state index contributed by atoms with van der Waals surface area (Å²) in [5, 5.41) is 5.08. The molecule has 0 radical (unpaired) electrons. The lowest BCUT2D eigenvalue weighted by molar-refractivity contribution is 0.0930. The molecule has 0 aliphatic carbocycles. The molecule has 0 fully saturated rings. The van der Waals surface area contributed by atoms with Gasteiger partial charge in [-0.1, -0.05) is 30.3 Å². The molecule has 1 aromatic heterocycles. The van der Waals surface area contributed by atoms with Crippen molar-refractivity contribution >= 4 is 17.2 Å². The van der Waals surface area contributed by atoms with Gasteiger partial charge in [0.05, 0.1) is 17.2 Å². The zero-order valence-electron chi connectivity index (χ0n) is 15.5. The van der Waals surface area contributed by atoms with Crippen LogP contribution >= 0.6 is 11.3 Å². The summed E-state index contributed by atoms with van der Waals surface area (Å²) in [6.45, 7) is 1.15. The first kappa shape index (κ1) is 19.1. The molecule has 1 N–H and O–H groups in total. The van der Waals surface area contributed by atoms with Gasteiger partial charge in [-0.05, 0) is 43.9 Å². The maximum atomic E-state index is 12.7. The quantitative estimate of drug-likeness (QED) is 0.646. The second kappa shape index (κ2) is 9.30. The van der Waals surface area contributed by atoms with Crippen LogP contribution in [0, 0.1) is 0 Å². The van der Waals surface area contributed by atoms with Crippen molar-refractivity contribution < 1.29 is 9.53 Å². The van der Waals surface area contributed by atoms with E-state index in [2.05, 4.69) is 15.2 Å². The summed E-state index contributed by atoms with van der Waals surface area (Å²) >= 11 is 1.54. The number of nitrogens with zero attached hydrogens (tertiary/aromatic N) is 2. The fourth-order valence-electron chi connectivity index (χ4n) is 2.70. The van der Waals surface area contributed by atoms with Crippen LogP contribution in [0.4, 0.5) is 0 Å². The fourth-order valence-corrected chi connectivity index (χ4v) is 3.24. The third kappa shape index (κ3) is 5.64. The minimum absolute atomic E-state index is 0.0747. The Bertz CT molecular complexity index is 834. The number of hydrogen-bond donors (Lipinski definition) is 1. The standard InChI is InChI=1S/C21H23N3O2S/c1-24(2)12-20(16-6-4-3-5-7-16)23-21(25)17-8-10-19(11-9-17)26-13-18-14-27-15-22-18/h3-11,14-15,20H,12-13H2,1-2H3,(H,23,25)/t20-/m1/s1. The molecule has 0 aliphatic rings. The summed E-state index contributed by atoms with van der Waals surface area (Å²) in [7, 11) is 3.99. The first-order chi connectivity index (χ1) is 13.1. The number of aromatic nitrogens is 1. The molecule has 0 saturated carbocycles. The van der Waals surface area contributed by atoms with E-state index in [0.717, 1.165) is 17.8 Å². The minimum Gasteiger partial charge on any atom is -0.487 e. The third-order valence-corrected chi connectivity index (χ3v) is 4.68. The smallest absolute Gasteiger partial charge is 0.251 e. The number of likely N-dealkylation sites (N-methyl/N-ethyl adjacent to an activating group) is 1.